The van der Waals surface area contributed by atoms with E-state index in [1.165, 1.54) is 31.0 Å². The average Bonchev–Trinajstić information content (AvgIpc) is 2.68. The molecule has 4 nitrogen and oxygen atoms in total. The number of carbonyl (C=O) groups excluding carboxylic acids is 2. The second-order valence-corrected chi connectivity index (χ2v) is 8.28. The van der Waals surface area contributed by atoms with Gasteiger partial charge in [0.1, 0.15) is 0 Å². The van der Waals surface area contributed by atoms with Gasteiger partial charge in [-0.1, -0.05) is 49.1 Å². The first-order chi connectivity index (χ1) is 13.6. The Hall–Kier alpha value is -2.27. The Balaban J connectivity index is 1.62. The molecule has 3 rings (SSSR count). The molecule has 2 aromatic rings. The molecule has 1 fully saturated rings. The van der Waals surface area contributed by atoms with Crippen molar-refractivity contribution in [1.82, 2.24) is 4.90 Å². The lowest BCUT2D eigenvalue weighted by molar-refractivity contribution is -0.113. The van der Waals surface area contributed by atoms with Crippen molar-refractivity contribution in [3.63, 3.8) is 0 Å². The molecule has 28 heavy (non-hydrogen) atoms. The van der Waals surface area contributed by atoms with Crippen molar-refractivity contribution in [1.29, 1.82) is 0 Å². The van der Waals surface area contributed by atoms with Crippen LogP contribution in [0.2, 0.25) is 0 Å². The van der Waals surface area contributed by atoms with Crippen molar-refractivity contribution < 1.29 is 9.59 Å². The largest absolute Gasteiger partial charge is 0.339 e. The number of rotatable bonds is 5. The lowest BCUT2D eigenvalue weighted by Gasteiger charge is -2.25. The molecule has 0 radical (unpaired) electrons. The first kappa shape index (κ1) is 20.5. The summed E-state index contributed by atoms with van der Waals surface area (Å²) >= 11 is 1.42. The SMILES string of the molecule is Cc1ccc(NC(=O)CSc2ccccc2C(=O)N2CCCCCCC2)cc1. The van der Waals surface area contributed by atoms with E-state index in [2.05, 4.69) is 5.32 Å². The third kappa shape index (κ3) is 5.86. The first-order valence-corrected chi connectivity index (χ1v) is 11.0. The van der Waals surface area contributed by atoms with Crippen LogP contribution in [0, 0.1) is 6.92 Å². The Morgan fingerprint density at radius 3 is 2.29 bits per heavy atom. The minimum Gasteiger partial charge on any atom is -0.339 e. The third-order valence-corrected chi connectivity index (χ3v) is 6.03. The lowest BCUT2D eigenvalue weighted by Crippen LogP contribution is -2.34. The van der Waals surface area contributed by atoms with Crippen molar-refractivity contribution in [2.45, 2.75) is 43.9 Å². The highest BCUT2D eigenvalue weighted by molar-refractivity contribution is 8.00. The monoisotopic (exact) mass is 396 g/mol. The predicted octanol–water partition coefficient (Wildman–Crippen LogP) is 5.13. The number of carbonyl (C=O) groups is 2. The Labute approximate surface area is 171 Å². The predicted molar refractivity (Wildman–Crippen MR) is 116 cm³/mol. The molecule has 1 N–H and O–H groups in total. The number of nitrogens with one attached hydrogen (secondary N) is 1. The van der Waals surface area contributed by atoms with E-state index < -0.39 is 0 Å². The second kappa shape index (κ2) is 10.3. The summed E-state index contributed by atoms with van der Waals surface area (Å²) in [5.41, 5.74) is 2.65. The Morgan fingerprint density at radius 2 is 1.57 bits per heavy atom. The molecular formula is C23H28N2O2S. The minimum atomic E-state index is -0.0673. The number of hydrogen-bond acceptors (Lipinski definition) is 3. The summed E-state index contributed by atoms with van der Waals surface area (Å²) in [4.78, 5) is 28.2. The van der Waals surface area contributed by atoms with Crippen molar-refractivity contribution >= 4 is 29.3 Å². The van der Waals surface area contributed by atoms with Gasteiger partial charge in [0.15, 0.2) is 0 Å². The number of likely N-dealkylation sites (tertiary alicyclic amines) is 1. The second-order valence-electron chi connectivity index (χ2n) is 7.26. The molecule has 0 bridgehead atoms. The Kier molecular flexibility index (Phi) is 7.54. The molecule has 0 aliphatic carbocycles. The van der Waals surface area contributed by atoms with Gasteiger partial charge in [-0.15, -0.1) is 11.8 Å². The molecular weight excluding hydrogens is 368 g/mol. The van der Waals surface area contributed by atoms with E-state index in [1.807, 2.05) is 60.4 Å². The van der Waals surface area contributed by atoms with Crippen LogP contribution in [-0.4, -0.2) is 35.6 Å². The molecule has 0 aromatic heterocycles. The van der Waals surface area contributed by atoms with E-state index >= 15 is 0 Å². The number of amides is 2. The maximum Gasteiger partial charge on any atom is 0.254 e. The molecule has 5 heteroatoms. The average molecular weight is 397 g/mol. The van der Waals surface area contributed by atoms with Crippen LogP contribution >= 0.6 is 11.8 Å². The molecule has 0 saturated carbocycles. The third-order valence-electron chi connectivity index (χ3n) is 4.95. The molecule has 1 aliphatic heterocycles. The van der Waals surface area contributed by atoms with Crippen molar-refractivity contribution in [3.05, 3.63) is 59.7 Å². The van der Waals surface area contributed by atoms with Gasteiger partial charge in [-0.2, -0.15) is 0 Å². The van der Waals surface area contributed by atoms with Crippen LogP contribution in [0.3, 0.4) is 0 Å². The standard InChI is InChI=1S/C23H28N2O2S/c1-18-11-13-19(14-12-18)24-22(26)17-28-21-10-6-5-9-20(21)23(27)25-15-7-3-2-4-8-16-25/h5-6,9-14H,2-4,7-8,15-17H2,1H3,(H,24,26). The fraction of sp³-hybridized carbons (Fsp3) is 0.391. The molecule has 0 unspecified atom stereocenters. The molecule has 2 amide bonds. The fourth-order valence-corrected chi connectivity index (χ4v) is 4.21. The van der Waals surface area contributed by atoms with Crippen LogP contribution in [0.1, 0.15) is 48.0 Å². The topological polar surface area (TPSA) is 49.4 Å². The Morgan fingerprint density at radius 1 is 0.929 bits per heavy atom. The zero-order valence-corrected chi connectivity index (χ0v) is 17.3. The number of anilines is 1. The van der Waals surface area contributed by atoms with Crippen LogP contribution in [-0.2, 0) is 4.79 Å². The normalized spacial score (nSPS) is 14.8. The van der Waals surface area contributed by atoms with E-state index in [9.17, 15) is 9.59 Å². The van der Waals surface area contributed by atoms with Crippen LogP contribution in [0.15, 0.2) is 53.4 Å². The van der Waals surface area contributed by atoms with Gasteiger partial charge in [-0.3, -0.25) is 9.59 Å². The minimum absolute atomic E-state index is 0.0673. The highest BCUT2D eigenvalue weighted by Gasteiger charge is 2.20. The summed E-state index contributed by atoms with van der Waals surface area (Å²) in [5, 5.41) is 2.91. The van der Waals surface area contributed by atoms with Crippen LogP contribution in [0.4, 0.5) is 5.69 Å². The van der Waals surface area contributed by atoms with Crippen molar-refractivity contribution in [3.8, 4) is 0 Å². The number of aryl methyl sites for hydroxylation is 1. The van der Waals surface area contributed by atoms with Gasteiger partial charge in [-0.25, -0.2) is 0 Å². The van der Waals surface area contributed by atoms with E-state index in [0.717, 1.165) is 42.1 Å². The van der Waals surface area contributed by atoms with Gasteiger partial charge >= 0.3 is 0 Å². The van der Waals surface area contributed by atoms with Gasteiger partial charge in [0.05, 0.1) is 11.3 Å². The van der Waals surface area contributed by atoms with E-state index in [1.54, 1.807) is 0 Å². The first-order valence-electron chi connectivity index (χ1n) is 10.0. The zero-order chi connectivity index (χ0) is 19.8. The highest BCUT2D eigenvalue weighted by Crippen LogP contribution is 2.25. The quantitative estimate of drug-likeness (QED) is 0.713. The maximum atomic E-state index is 13.1. The van der Waals surface area contributed by atoms with Gasteiger partial charge in [0, 0.05) is 23.7 Å². The summed E-state index contributed by atoms with van der Waals surface area (Å²) in [7, 11) is 0. The molecule has 2 aromatic carbocycles. The molecule has 1 heterocycles. The maximum absolute atomic E-state index is 13.1. The molecule has 1 aliphatic rings. The van der Waals surface area contributed by atoms with E-state index in [4.69, 9.17) is 0 Å². The number of nitrogens with zero attached hydrogens (tertiary/aromatic N) is 1. The Bertz CT molecular complexity index is 797. The van der Waals surface area contributed by atoms with Gasteiger partial charge in [0.25, 0.3) is 5.91 Å². The summed E-state index contributed by atoms with van der Waals surface area (Å²) in [6.07, 6.45) is 5.79. The summed E-state index contributed by atoms with van der Waals surface area (Å²) in [6, 6.07) is 15.4. The van der Waals surface area contributed by atoms with Gasteiger partial charge in [-0.05, 0) is 44.0 Å². The van der Waals surface area contributed by atoms with Crippen molar-refractivity contribution in [2.75, 3.05) is 24.2 Å². The summed E-state index contributed by atoms with van der Waals surface area (Å²) in [6.45, 7) is 3.67. The van der Waals surface area contributed by atoms with Gasteiger partial charge in [0.2, 0.25) is 5.91 Å². The smallest absolute Gasteiger partial charge is 0.254 e. The van der Waals surface area contributed by atoms with Crippen molar-refractivity contribution in [2.24, 2.45) is 0 Å². The number of hydrogen-bond donors (Lipinski definition) is 1. The lowest BCUT2D eigenvalue weighted by atomic mass is 10.1. The molecule has 1 saturated heterocycles. The van der Waals surface area contributed by atoms with Crippen LogP contribution in [0.5, 0.6) is 0 Å². The van der Waals surface area contributed by atoms with Crippen LogP contribution < -0.4 is 5.32 Å². The molecule has 148 valence electrons. The zero-order valence-electron chi connectivity index (χ0n) is 16.4. The summed E-state index contributed by atoms with van der Waals surface area (Å²) < 4.78 is 0. The van der Waals surface area contributed by atoms with E-state index in [0.29, 0.717) is 5.56 Å². The highest BCUT2D eigenvalue weighted by atomic mass is 32.2. The summed E-state index contributed by atoms with van der Waals surface area (Å²) in [5.74, 6) is 0.296. The number of thioether (sulfide) groups is 1. The molecule has 0 atom stereocenters. The number of benzene rings is 2. The fourth-order valence-electron chi connectivity index (χ4n) is 3.37. The molecule has 0 spiro atoms. The van der Waals surface area contributed by atoms with Gasteiger partial charge < -0.3 is 10.2 Å². The van der Waals surface area contributed by atoms with E-state index in [-0.39, 0.29) is 17.6 Å². The van der Waals surface area contributed by atoms with Crippen LogP contribution in [0.25, 0.3) is 0 Å².